The van der Waals surface area contributed by atoms with Crippen molar-refractivity contribution in [1.82, 2.24) is 15.3 Å². The van der Waals surface area contributed by atoms with E-state index in [9.17, 15) is 14.4 Å². The van der Waals surface area contributed by atoms with E-state index in [1.807, 2.05) is 37.3 Å². The summed E-state index contributed by atoms with van der Waals surface area (Å²) in [4.78, 5) is 46.5. The molecule has 11 heteroatoms. The van der Waals surface area contributed by atoms with Crippen molar-refractivity contribution >= 4 is 69.4 Å². The van der Waals surface area contributed by atoms with E-state index in [1.165, 1.54) is 23.2 Å². The Balaban J connectivity index is 1.37. The molecule has 0 saturated carbocycles. The zero-order valence-electron chi connectivity index (χ0n) is 22.9. The lowest BCUT2D eigenvalue weighted by molar-refractivity contribution is -0.122. The third-order valence-electron chi connectivity index (χ3n) is 6.16. The van der Waals surface area contributed by atoms with Gasteiger partial charge in [-0.25, -0.2) is 9.97 Å². The molecule has 0 bridgehead atoms. The van der Waals surface area contributed by atoms with Crippen molar-refractivity contribution in [1.29, 1.82) is 0 Å². The Morgan fingerprint density at radius 3 is 2.60 bits per heavy atom. The maximum Gasteiger partial charge on any atom is 0.248 e. The first-order chi connectivity index (χ1) is 20.2. The highest BCUT2D eigenvalue weighted by Crippen LogP contribution is 2.35. The van der Waals surface area contributed by atoms with E-state index in [0.717, 1.165) is 22.7 Å². The Bertz CT molecular complexity index is 1690. The molecule has 3 amide bonds. The summed E-state index contributed by atoms with van der Waals surface area (Å²) in [7, 11) is 1.56. The van der Waals surface area contributed by atoms with Gasteiger partial charge in [0.05, 0.1) is 17.3 Å². The van der Waals surface area contributed by atoms with Gasteiger partial charge in [0.15, 0.2) is 0 Å². The summed E-state index contributed by atoms with van der Waals surface area (Å²) in [5, 5.41) is 6.67. The number of benzene rings is 2. The Morgan fingerprint density at radius 1 is 1.05 bits per heavy atom. The van der Waals surface area contributed by atoms with Crippen LogP contribution in [0.25, 0.3) is 17.0 Å². The van der Waals surface area contributed by atoms with Gasteiger partial charge in [0.25, 0.3) is 0 Å². The molecule has 2 aromatic heterocycles. The number of rotatable bonds is 10. The topological polar surface area (TPSA) is 114 Å². The van der Waals surface area contributed by atoms with Crippen LogP contribution in [0.3, 0.4) is 0 Å². The number of ether oxygens (including phenoxy) is 1. The van der Waals surface area contributed by atoms with Gasteiger partial charge >= 0.3 is 0 Å². The van der Waals surface area contributed by atoms with E-state index in [1.54, 1.807) is 31.3 Å². The molecule has 9 nitrogen and oxygen atoms in total. The van der Waals surface area contributed by atoms with E-state index in [0.29, 0.717) is 33.4 Å². The molecule has 0 fully saturated rings. The SMILES string of the molecule is C=CC(=O)Nc1ccc(/C=C/C(=O)NCC(=O)N(C)c2ccc(Cl)c(COc3cccc4ccc(C)nc34)c2Cl)cn1. The molecule has 4 aromatic rings. The molecule has 0 saturated heterocycles. The summed E-state index contributed by atoms with van der Waals surface area (Å²) >= 11 is 13.1. The predicted octanol–water partition coefficient (Wildman–Crippen LogP) is 5.74. The lowest BCUT2D eigenvalue weighted by Gasteiger charge is -2.21. The average Bonchev–Trinajstić information content (AvgIpc) is 2.99. The molecule has 0 atom stereocenters. The number of likely N-dealkylation sites (N-methyl/N-ethyl adjacent to an activating group) is 1. The number of hydrogen-bond donors (Lipinski definition) is 2. The first-order valence-electron chi connectivity index (χ1n) is 12.7. The fourth-order valence-electron chi connectivity index (χ4n) is 3.86. The minimum absolute atomic E-state index is 0.0558. The van der Waals surface area contributed by atoms with Gasteiger partial charge in [-0.3, -0.25) is 14.4 Å². The zero-order valence-corrected chi connectivity index (χ0v) is 24.4. The van der Waals surface area contributed by atoms with Crippen LogP contribution in [0.1, 0.15) is 16.8 Å². The van der Waals surface area contributed by atoms with E-state index in [4.69, 9.17) is 27.9 Å². The number of nitrogens with one attached hydrogen (secondary N) is 2. The minimum Gasteiger partial charge on any atom is -0.487 e. The standard InChI is InChI=1S/C31H27Cl2N5O4/c1-4-27(39)37-26-14-9-20(16-34-26)10-15-28(40)35-17-29(41)38(3)24-13-12-23(32)22(30(24)33)18-42-25-7-5-6-21-11-8-19(2)36-31(21)25/h4-16H,1,17-18H2,2-3H3,(H,35,40)(H,34,37,39)/b15-10+. The van der Waals surface area contributed by atoms with Crippen molar-refractivity contribution < 1.29 is 19.1 Å². The van der Waals surface area contributed by atoms with Gasteiger partial charge in [0.1, 0.15) is 23.7 Å². The van der Waals surface area contributed by atoms with Crippen LogP contribution in [0.4, 0.5) is 11.5 Å². The van der Waals surface area contributed by atoms with Crippen molar-refractivity contribution in [3.05, 3.63) is 106 Å². The van der Waals surface area contributed by atoms with E-state index in [2.05, 4.69) is 27.2 Å². The van der Waals surface area contributed by atoms with Gasteiger partial charge in [-0.1, -0.05) is 48.0 Å². The summed E-state index contributed by atoms with van der Waals surface area (Å²) in [6.45, 7) is 5.07. The van der Waals surface area contributed by atoms with Gasteiger partial charge in [-0.2, -0.15) is 0 Å². The van der Waals surface area contributed by atoms with Gasteiger partial charge in [-0.15, -0.1) is 0 Å². The number of hydrogen-bond acceptors (Lipinski definition) is 6. The molecule has 0 aliphatic rings. The van der Waals surface area contributed by atoms with Gasteiger partial charge < -0.3 is 20.3 Å². The summed E-state index contributed by atoms with van der Waals surface area (Å²) in [5.74, 6) is -0.314. The molecular formula is C31H27Cl2N5O4. The van der Waals surface area contributed by atoms with Gasteiger partial charge in [0.2, 0.25) is 17.7 Å². The van der Waals surface area contributed by atoms with Crippen LogP contribution >= 0.6 is 23.2 Å². The number of nitrogens with zero attached hydrogens (tertiary/aromatic N) is 3. The predicted molar refractivity (Wildman–Crippen MR) is 166 cm³/mol. The van der Waals surface area contributed by atoms with Crippen LogP contribution in [-0.2, 0) is 21.0 Å². The van der Waals surface area contributed by atoms with E-state index in [-0.39, 0.29) is 24.1 Å². The maximum absolute atomic E-state index is 12.9. The first-order valence-corrected chi connectivity index (χ1v) is 13.5. The summed E-state index contributed by atoms with van der Waals surface area (Å²) in [5.41, 5.74) is 3.14. The van der Waals surface area contributed by atoms with Crippen molar-refractivity contribution in [3.8, 4) is 5.75 Å². The zero-order chi connectivity index (χ0) is 30.2. The molecule has 2 heterocycles. The van der Waals surface area contributed by atoms with Crippen LogP contribution in [0, 0.1) is 6.92 Å². The summed E-state index contributed by atoms with van der Waals surface area (Å²) < 4.78 is 6.06. The van der Waals surface area contributed by atoms with Gasteiger partial charge in [0, 0.05) is 41.0 Å². The van der Waals surface area contributed by atoms with E-state index < -0.39 is 11.8 Å². The number of para-hydroxylation sites is 1. The van der Waals surface area contributed by atoms with Crippen LogP contribution in [-0.4, -0.2) is 41.3 Å². The Labute approximate surface area is 252 Å². The second-order valence-electron chi connectivity index (χ2n) is 9.10. The van der Waals surface area contributed by atoms with E-state index >= 15 is 0 Å². The van der Waals surface area contributed by atoms with Crippen LogP contribution in [0.5, 0.6) is 5.75 Å². The molecule has 214 valence electrons. The highest BCUT2D eigenvalue weighted by molar-refractivity contribution is 6.38. The largest absolute Gasteiger partial charge is 0.487 e. The Kier molecular flexibility index (Phi) is 9.90. The van der Waals surface area contributed by atoms with Crippen molar-refractivity contribution in [2.75, 3.05) is 23.8 Å². The number of fused-ring (bicyclic) bond motifs is 1. The van der Waals surface area contributed by atoms with Crippen molar-refractivity contribution in [3.63, 3.8) is 0 Å². The monoisotopic (exact) mass is 603 g/mol. The maximum atomic E-state index is 12.9. The van der Waals surface area contributed by atoms with Crippen LogP contribution < -0.4 is 20.3 Å². The summed E-state index contributed by atoms with van der Waals surface area (Å²) in [6.07, 6.45) is 5.44. The number of amides is 3. The second-order valence-corrected chi connectivity index (χ2v) is 9.89. The minimum atomic E-state index is -0.476. The Morgan fingerprint density at radius 2 is 1.86 bits per heavy atom. The number of aromatic nitrogens is 2. The number of anilines is 2. The molecule has 42 heavy (non-hydrogen) atoms. The normalized spacial score (nSPS) is 10.9. The number of aryl methyl sites for hydroxylation is 1. The molecule has 0 aliphatic heterocycles. The third-order valence-corrected chi connectivity index (χ3v) is 6.94. The lowest BCUT2D eigenvalue weighted by Crippen LogP contribution is -2.37. The summed E-state index contributed by atoms with van der Waals surface area (Å²) in [6, 6.07) is 16.1. The quantitative estimate of drug-likeness (QED) is 0.223. The first kappa shape index (κ1) is 30.2. The smallest absolute Gasteiger partial charge is 0.248 e. The fraction of sp³-hybridized carbons (Fsp3) is 0.129. The second kappa shape index (κ2) is 13.8. The molecule has 0 aliphatic carbocycles. The van der Waals surface area contributed by atoms with Gasteiger partial charge in [-0.05, 0) is 61.0 Å². The molecule has 2 aromatic carbocycles. The van der Waals surface area contributed by atoms with Crippen molar-refractivity contribution in [2.24, 2.45) is 0 Å². The highest BCUT2D eigenvalue weighted by Gasteiger charge is 2.19. The average molecular weight is 604 g/mol. The van der Waals surface area contributed by atoms with Crippen LogP contribution in [0.15, 0.2) is 79.5 Å². The molecule has 2 N–H and O–H groups in total. The number of carbonyl (C=O) groups excluding carboxylic acids is 3. The third kappa shape index (κ3) is 7.51. The molecule has 0 radical (unpaired) electrons. The molecule has 0 unspecified atom stereocenters. The number of halogens is 2. The Hall–Kier alpha value is -4.73. The number of carbonyl (C=O) groups is 3. The molecule has 4 rings (SSSR count). The molecule has 0 spiro atoms. The van der Waals surface area contributed by atoms with Crippen LogP contribution in [0.2, 0.25) is 10.0 Å². The lowest BCUT2D eigenvalue weighted by atomic mass is 10.1. The fourth-order valence-corrected chi connectivity index (χ4v) is 4.47. The number of pyridine rings is 2. The highest BCUT2D eigenvalue weighted by atomic mass is 35.5. The van der Waals surface area contributed by atoms with Crippen molar-refractivity contribution in [2.45, 2.75) is 13.5 Å². The molecular weight excluding hydrogens is 577 g/mol.